The summed E-state index contributed by atoms with van der Waals surface area (Å²) in [4.78, 5) is 54.9. The minimum atomic E-state index is -1.33. The van der Waals surface area contributed by atoms with Gasteiger partial charge in [0.1, 0.15) is 5.54 Å². The maximum Gasteiger partial charge on any atom is 0.271 e. The smallest absolute Gasteiger partial charge is 0.271 e. The summed E-state index contributed by atoms with van der Waals surface area (Å²) in [5.74, 6) is -2.99. The highest BCUT2D eigenvalue weighted by atomic mass is 35.5. The highest BCUT2D eigenvalue weighted by molar-refractivity contribution is 6.37. The minimum Gasteiger partial charge on any atom is -0.324 e. The van der Waals surface area contributed by atoms with E-state index < -0.39 is 34.1 Å². The third kappa shape index (κ3) is 2.41. The maximum atomic E-state index is 13.9. The van der Waals surface area contributed by atoms with Gasteiger partial charge in [-0.2, -0.15) is 0 Å². The summed E-state index contributed by atoms with van der Waals surface area (Å²) in [7, 11) is 0. The van der Waals surface area contributed by atoms with Gasteiger partial charge in [-0.1, -0.05) is 29.3 Å². The van der Waals surface area contributed by atoms with Crippen LogP contribution in [0, 0.1) is 28.9 Å². The van der Waals surface area contributed by atoms with Crippen LogP contribution in [0.4, 0.5) is 17.1 Å². The highest BCUT2D eigenvalue weighted by Gasteiger charge is 2.74. The van der Waals surface area contributed by atoms with Crippen molar-refractivity contribution in [2.24, 2.45) is 11.8 Å². The first kappa shape index (κ1) is 21.5. The minimum absolute atomic E-state index is 0.0768. The van der Waals surface area contributed by atoms with Crippen molar-refractivity contribution in [3.05, 3.63) is 61.6 Å². The Balaban J connectivity index is 1.54. The number of nitrogens with one attached hydrogen (secondary N) is 1. The van der Waals surface area contributed by atoms with Gasteiger partial charge >= 0.3 is 0 Å². The quantitative estimate of drug-likeness (QED) is 0.382. The van der Waals surface area contributed by atoms with E-state index in [0.717, 1.165) is 17.4 Å². The number of nitrogens with zero attached hydrogens (tertiary/aromatic N) is 3. The van der Waals surface area contributed by atoms with E-state index in [4.69, 9.17) is 23.2 Å². The monoisotopic (exact) mass is 500 g/mol. The molecular formula is C23H18Cl2N4O5. The lowest BCUT2D eigenvalue weighted by Crippen LogP contribution is -2.54. The van der Waals surface area contributed by atoms with Crippen LogP contribution in [0.25, 0.3) is 0 Å². The van der Waals surface area contributed by atoms with Gasteiger partial charge in [-0.25, -0.2) is 4.90 Å². The average molecular weight is 501 g/mol. The maximum absolute atomic E-state index is 13.9. The lowest BCUT2D eigenvalue weighted by Gasteiger charge is -2.36. The number of non-ortho nitro benzene ring substituents is 1. The molecule has 0 radical (unpaired) electrons. The molecule has 2 aromatic rings. The van der Waals surface area contributed by atoms with Crippen molar-refractivity contribution in [3.8, 4) is 0 Å². The molecule has 4 aliphatic rings. The van der Waals surface area contributed by atoms with Gasteiger partial charge in [-0.3, -0.25) is 29.4 Å². The summed E-state index contributed by atoms with van der Waals surface area (Å²) in [5, 5.41) is 14.5. The molecule has 11 heteroatoms. The zero-order valence-electron chi connectivity index (χ0n) is 17.9. The molecule has 3 amide bonds. The molecule has 3 saturated heterocycles. The number of benzene rings is 2. The molecule has 4 heterocycles. The number of amides is 3. The van der Waals surface area contributed by atoms with Crippen LogP contribution < -0.4 is 10.2 Å². The second-order valence-electron chi connectivity index (χ2n) is 9.13. The molecule has 34 heavy (non-hydrogen) atoms. The number of anilines is 2. The summed E-state index contributed by atoms with van der Waals surface area (Å²) in [5.41, 5.74) is 0.443. The fourth-order valence-electron chi connectivity index (χ4n) is 6.42. The first-order valence-corrected chi connectivity index (χ1v) is 11.6. The van der Waals surface area contributed by atoms with Crippen LogP contribution in [0.1, 0.15) is 24.0 Å². The molecule has 6 rings (SSSR count). The summed E-state index contributed by atoms with van der Waals surface area (Å²) in [6.07, 6.45) is 1.48. The number of hydrogen-bond acceptors (Lipinski definition) is 6. The second kappa shape index (κ2) is 7.00. The number of hydrogen-bond donors (Lipinski definition) is 1. The summed E-state index contributed by atoms with van der Waals surface area (Å²) in [6, 6.07) is 6.82. The van der Waals surface area contributed by atoms with Gasteiger partial charge in [-0.15, -0.1) is 0 Å². The number of fused-ring (bicyclic) bond motifs is 7. The van der Waals surface area contributed by atoms with E-state index >= 15 is 0 Å². The van der Waals surface area contributed by atoms with Gasteiger partial charge in [0.05, 0.1) is 33.2 Å². The third-order valence-electron chi connectivity index (χ3n) is 7.75. The molecule has 0 bridgehead atoms. The predicted molar refractivity (Wildman–Crippen MR) is 124 cm³/mol. The molecule has 1 spiro atoms. The van der Waals surface area contributed by atoms with Crippen LogP contribution in [0.5, 0.6) is 0 Å². The predicted octanol–water partition coefficient (Wildman–Crippen LogP) is 3.64. The summed E-state index contributed by atoms with van der Waals surface area (Å²) in [6.45, 7) is 2.39. The van der Waals surface area contributed by atoms with Crippen molar-refractivity contribution in [1.29, 1.82) is 0 Å². The van der Waals surface area contributed by atoms with Crippen LogP contribution in [0.15, 0.2) is 30.3 Å². The molecule has 1 N–H and O–H groups in total. The van der Waals surface area contributed by atoms with Crippen LogP contribution in [0.3, 0.4) is 0 Å². The normalized spacial score (nSPS) is 29.6. The zero-order chi connectivity index (χ0) is 24.1. The molecular weight excluding hydrogens is 483 g/mol. The molecule has 0 saturated carbocycles. The average Bonchev–Trinajstić information content (AvgIpc) is 3.50. The van der Waals surface area contributed by atoms with E-state index in [0.29, 0.717) is 34.8 Å². The number of imide groups is 1. The fraction of sp³-hybridized carbons (Fsp3) is 0.348. The standard InChI is InChI=1S/C23H18Cl2N4O5/c1-10-13(24)6-5-12-19(10)26-22(32)23(12)18-17(16-3-2-8-27(16)23)20(30)28(21(18)31)15-7-4-11(29(33)34)9-14(15)25/h4-7,9,16-18H,2-3,8H2,1H3,(H,26,32)/t16-,17-,18-,23-/m1/s1. The summed E-state index contributed by atoms with van der Waals surface area (Å²) < 4.78 is 0. The number of nitro groups is 1. The zero-order valence-corrected chi connectivity index (χ0v) is 19.4. The molecule has 174 valence electrons. The fourth-order valence-corrected chi connectivity index (χ4v) is 6.84. The van der Waals surface area contributed by atoms with E-state index in [9.17, 15) is 24.5 Å². The van der Waals surface area contributed by atoms with Gasteiger partial charge in [-0.05, 0) is 44.0 Å². The number of halogens is 2. The molecule has 9 nitrogen and oxygen atoms in total. The Hall–Kier alpha value is -3.01. The number of rotatable bonds is 2. The van der Waals surface area contributed by atoms with Gasteiger partial charge < -0.3 is 5.32 Å². The largest absolute Gasteiger partial charge is 0.324 e. The van der Waals surface area contributed by atoms with Crippen molar-refractivity contribution in [1.82, 2.24) is 4.90 Å². The first-order chi connectivity index (χ1) is 16.2. The van der Waals surface area contributed by atoms with E-state index in [-0.39, 0.29) is 28.3 Å². The van der Waals surface area contributed by atoms with E-state index in [1.165, 1.54) is 12.1 Å². The Kier molecular flexibility index (Phi) is 4.43. The molecule has 4 aliphatic heterocycles. The highest BCUT2D eigenvalue weighted by Crippen LogP contribution is 2.61. The van der Waals surface area contributed by atoms with Gasteiger partial charge in [0.15, 0.2) is 0 Å². The lowest BCUT2D eigenvalue weighted by atomic mass is 9.75. The lowest BCUT2D eigenvalue weighted by molar-refractivity contribution is -0.384. The Morgan fingerprint density at radius 1 is 1.12 bits per heavy atom. The van der Waals surface area contributed by atoms with Crippen LogP contribution >= 0.6 is 23.2 Å². The van der Waals surface area contributed by atoms with Crippen LogP contribution in [-0.2, 0) is 19.9 Å². The molecule has 0 aliphatic carbocycles. The van der Waals surface area contributed by atoms with Crippen molar-refractivity contribution in [2.75, 3.05) is 16.8 Å². The van der Waals surface area contributed by atoms with E-state index in [1.807, 2.05) is 4.90 Å². The van der Waals surface area contributed by atoms with Gasteiger partial charge in [0.2, 0.25) is 17.7 Å². The second-order valence-corrected chi connectivity index (χ2v) is 9.94. The van der Waals surface area contributed by atoms with Gasteiger partial charge in [0.25, 0.3) is 5.69 Å². The molecule has 0 unspecified atom stereocenters. The molecule has 0 aromatic heterocycles. The Labute approximate surface area is 203 Å². The first-order valence-electron chi connectivity index (χ1n) is 10.9. The Morgan fingerprint density at radius 2 is 1.88 bits per heavy atom. The molecule has 2 aromatic carbocycles. The number of carbonyl (C=O) groups excluding carboxylic acids is 3. The van der Waals surface area contributed by atoms with Crippen molar-refractivity contribution >= 4 is 58.0 Å². The van der Waals surface area contributed by atoms with Crippen LogP contribution in [-0.4, -0.2) is 40.1 Å². The summed E-state index contributed by atoms with van der Waals surface area (Å²) >= 11 is 12.6. The van der Waals surface area contributed by atoms with E-state index in [2.05, 4.69) is 5.32 Å². The molecule has 4 atom stereocenters. The topological polar surface area (TPSA) is 113 Å². The number of carbonyl (C=O) groups is 3. The van der Waals surface area contributed by atoms with Crippen LogP contribution in [0.2, 0.25) is 10.0 Å². The van der Waals surface area contributed by atoms with E-state index in [1.54, 1.807) is 19.1 Å². The third-order valence-corrected chi connectivity index (χ3v) is 8.46. The molecule has 3 fully saturated rings. The van der Waals surface area contributed by atoms with Crippen molar-refractivity contribution in [2.45, 2.75) is 31.3 Å². The Bertz CT molecular complexity index is 1350. The number of nitro benzene ring substituents is 1. The van der Waals surface area contributed by atoms with Crippen molar-refractivity contribution in [3.63, 3.8) is 0 Å². The SMILES string of the molecule is Cc1c(Cl)ccc2c1NC(=O)[C@]21[C@H]2C(=O)N(c3ccc([N+](=O)[O-])cc3Cl)C(=O)[C@@H]2[C@H]2CCCN21. The Morgan fingerprint density at radius 3 is 2.59 bits per heavy atom. The van der Waals surface area contributed by atoms with Gasteiger partial charge in [0, 0.05) is 28.8 Å². The van der Waals surface area contributed by atoms with Crippen molar-refractivity contribution < 1.29 is 19.3 Å².